The number of aliphatic hydroxyl groups is 3. The van der Waals surface area contributed by atoms with Crippen molar-refractivity contribution >= 4 is 0 Å². The minimum Gasteiger partial charge on any atom is -0.394 e. The van der Waals surface area contributed by atoms with Crippen LogP contribution in [0, 0.1) is 0 Å². The van der Waals surface area contributed by atoms with E-state index in [0.29, 0.717) is 6.61 Å². The molecule has 1 heterocycles. The lowest BCUT2D eigenvalue weighted by atomic mass is 10.1. The van der Waals surface area contributed by atoms with Gasteiger partial charge in [0.25, 0.3) is 0 Å². The van der Waals surface area contributed by atoms with E-state index in [-0.39, 0.29) is 6.61 Å². The summed E-state index contributed by atoms with van der Waals surface area (Å²) in [7, 11) is 0. The molecule has 17 heavy (non-hydrogen) atoms. The molecule has 1 aromatic rings. The van der Waals surface area contributed by atoms with Gasteiger partial charge in [-0.3, -0.25) is 0 Å². The average molecular weight is 240 g/mol. The molecular formula is C12H16O5. The number of aliphatic hydroxyl groups excluding tert-OH is 3. The van der Waals surface area contributed by atoms with Crippen LogP contribution in [0.1, 0.15) is 5.56 Å². The SMILES string of the molecule is OC[C@H]1O[C@@H](O)C(O)[C@@H]1OCc1ccccc1. The van der Waals surface area contributed by atoms with E-state index in [1.165, 1.54) is 0 Å². The van der Waals surface area contributed by atoms with Gasteiger partial charge in [0.1, 0.15) is 18.3 Å². The van der Waals surface area contributed by atoms with Crippen LogP contribution in [-0.4, -0.2) is 46.5 Å². The fourth-order valence-electron chi connectivity index (χ4n) is 1.84. The molecule has 1 saturated heterocycles. The molecule has 4 atom stereocenters. The highest BCUT2D eigenvalue weighted by molar-refractivity contribution is 5.13. The van der Waals surface area contributed by atoms with Crippen molar-refractivity contribution in [1.29, 1.82) is 0 Å². The highest BCUT2D eigenvalue weighted by Gasteiger charge is 2.43. The lowest BCUT2D eigenvalue weighted by molar-refractivity contribution is -0.132. The van der Waals surface area contributed by atoms with E-state index in [2.05, 4.69) is 0 Å². The molecule has 0 aliphatic carbocycles. The molecule has 1 aromatic carbocycles. The predicted octanol–water partition coefficient (Wildman–Crippen LogP) is -0.358. The summed E-state index contributed by atoms with van der Waals surface area (Å²) < 4.78 is 10.4. The molecule has 0 spiro atoms. The number of rotatable bonds is 4. The topological polar surface area (TPSA) is 79.2 Å². The van der Waals surface area contributed by atoms with Crippen molar-refractivity contribution in [2.24, 2.45) is 0 Å². The normalized spacial score (nSPS) is 32.9. The van der Waals surface area contributed by atoms with E-state index in [1.54, 1.807) is 0 Å². The lowest BCUT2D eigenvalue weighted by Crippen LogP contribution is -2.36. The third-order valence-corrected chi connectivity index (χ3v) is 2.77. The molecule has 0 bridgehead atoms. The number of hydrogen-bond donors (Lipinski definition) is 3. The summed E-state index contributed by atoms with van der Waals surface area (Å²) in [5, 5.41) is 28.0. The summed E-state index contributed by atoms with van der Waals surface area (Å²) in [6, 6.07) is 9.47. The maximum atomic E-state index is 9.63. The summed E-state index contributed by atoms with van der Waals surface area (Å²) in [5.74, 6) is 0. The van der Waals surface area contributed by atoms with Crippen LogP contribution in [0.15, 0.2) is 30.3 Å². The quantitative estimate of drug-likeness (QED) is 0.670. The van der Waals surface area contributed by atoms with Crippen molar-refractivity contribution < 1.29 is 24.8 Å². The first-order chi connectivity index (χ1) is 8.22. The standard InChI is InChI=1S/C12H16O5/c13-6-9-11(10(14)12(15)17-9)16-7-8-4-2-1-3-5-8/h1-5,9-15H,6-7H2/t9-,10?,11-,12-/m1/s1. The number of hydrogen-bond acceptors (Lipinski definition) is 5. The van der Waals surface area contributed by atoms with Crippen LogP contribution in [0.2, 0.25) is 0 Å². The van der Waals surface area contributed by atoms with Crippen LogP contribution in [-0.2, 0) is 16.1 Å². The fourth-order valence-corrected chi connectivity index (χ4v) is 1.84. The van der Waals surface area contributed by atoms with Crippen molar-refractivity contribution in [2.75, 3.05) is 6.61 Å². The second-order valence-electron chi connectivity index (χ2n) is 4.00. The average Bonchev–Trinajstić information content (AvgIpc) is 2.64. The Morgan fingerprint density at radius 3 is 2.53 bits per heavy atom. The molecular weight excluding hydrogens is 224 g/mol. The van der Waals surface area contributed by atoms with E-state index in [4.69, 9.17) is 14.6 Å². The Morgan fingerprint density at radius 1 is 1.18 bits per heavy atom. The first-order valence-corrected chi connectivity index (χ1v) is 5.50. The largest absolute Gasteiger partial charge is 0.394 e. The van der Waals surface area contributed by atoms with Crippen molar-refractivity contribution in [2.45, 2.75) is 31.2 Å². The molecule has 2 rings (SSSR count). The predicted molar refractivity (Wildman–Crippen MR) is 59.0 cm³/mol. The van der Waals surface area contributed by atoms with Crippen molar-refractivity contribution in [3.63, 3.8) is 0 Å². The van der Waals surface area contributed by atoms with Crippen LogP contribution in [0.4, 0.5) is 0 Å². The van der Waals surface area contributed by atoms with Crippen LogP contribution >= 0.6 is 0 Å². The van der Waals surface area contributed by atoms with E-state index >= 15 is 0 Å². The summed E-state index contributed by atoms with van der Waals surface area (Å²) in [6.45, 7) is 0.00270. The minimum atomic E-state index is -1.30. The molecule has 1 aliphatic heterocycles. The Hall–Kier alpha value is -0.980. The molecule has 5 heteroatoms. The van der Waals surface area contributed by atoms with Crippen molar-refractivity contribution in [3.8, 4) is 0 Å². The van der Waals surface area contributed by atoms with Crippen LogP contribution < -0.4 is 0 Å². The number of ether oxygens (including phenoxy) is 2. The molecule has 1 aliphatic rings. The van der Waals surface area contributed by atoms with Crippen molar-refractivity contribution in [1.82, 2.24) is 0 Å². The van der Waals surface area contributed by atoms with Crippen LogP contribution in [0.25, 0.3) is 0 Å². The van der Waals surface area contributed by atoms with Gasteiger partial charge in [-0.05, 0) is 5.56 Å². The van der Waals surface area contributed by atoms with Gasteiger partial charge in [0, 0.05) is 0 Å². The van der Waals surface area contributed by atoms with Crippen molar-refractivity contribution in [3.05, 3.63) is 35.9 Å². The second kappa shape index (κ2) is 5.57. The van der Waals surface area contributed by atoms with Gasteiger partial charge in [0.15, 0.2) is 6.29 Å². The van der Waals surface area contributed by atoms with Crippen LogP contribution in [0.5, 0.6) is 0 Å². The Kier molecular flexibility index (Phi) is 4.09. The Bertz CT molecular complexity index is 342. The molecule has 3 N–H and O–H groups in total. The highest BCUT2D eigenvalue weighted by Crippen LogP contribution is 2.23. The monoisotopic (exact) mass is 240 g/mol. The van der Waals surface area contributed by atoms with Gasteiger partial charge in [-0.1, -0.05) is 30.3 Å². The van der Waals surface area contributed by atoms with E-state index < -0.39 is 24.6 Å². The molecule has 0 aromatic heterocycles. The van der Waals surface area contributed by atoms with E-state index in [0.717, 1.165) is 5.56 Å². The minimum absolute atomic E-state index is 0.298. The first kappa shape index (κ1) is 12.5. The molecule has 94 valence electrons. The Balaban J connectivity index is 1.93. The zero-order valence-corrected chi connectivity index (χ0v) is 9.27. The van der Waals surface area contributed by atoms with Gasteiger partial charge in [-0.2, -0.15) is 0 Å². The first-order valence-electron chi connectivity index (χ1n) is 5.50. The van der Waals surface area contributed by atoms with Gasteiger partial charge >= 0.3 is 0 Å². The maximum absolute atomic E-state index is 9.63. The molecule has 0 radical (unpaired) electrons. The highest BCUT2D eigenvalue weighted by atomic mass is 16.7. The van der Waals surface area contributed by atoms with Gasteiger partial charge < -0.3 is 24.8 Å². The van der Waals surface area contributed by atoms with E-state index in [9.17, 15) is 10.2 Å². The number of benzene rings is 1. The zero-order chi connectivity index (χ0) is 12.3. The fraction of sp³-hybridized carbons (Fsp3) is 0.500. The smallest absolute Gasteiger partial charge is 0.184 e. The summed E-state index contributed by atoms with van der Waals surface area (Å²) in [5.41, 5.74) is 0.956. The molecule has 1 unspecified atom stereocenters. The molecule has 1 fully saturated rings. The summed E-state index contributed by atoms with van der Waals surface area (Å²) >= 11 is 0. The second-order valence-corrected chi connectivity index (χ2v) is 4.00. The molecule has 0 saturated carbocycles. The lowest BCUT2D eigenvalue weighted by Gasteiger charge is -2.19. The van der Waals surface area contributed by atoms with Crippen LogP contribution in [0.3, 0.4) is 0 Å². The van der Waals surface area contributed by atoms with Gasteiger partial charge in [0.05, 0.1) is 13.2 Å². The molecule has 0 amide bonds. The van der Waals surface area contributed by atoms with Gasteiger partial charge in [-0.25, -0.2) is 0 Å². The van der Waals surface area contributed by atoms with E-state index in [1.807, 2.05) is 30.3 Å². The maximum Gasteiger partial charge on any atom is 0.184 e. The Morgan fingerprint density at radius 2 is 1.88 bits per heavy atom. The summed E-state index contributed by atoms with van der Waals surface area (Å²) in [4.78, 5) is 0. The summed E-state index contributed by atoms with van der Waals surface area (Å²) in [6.07, 6.45) is -3.83. The van der Waals surface area contributed by atoms with Gasteiger partial charge in [-0.15, -0.1) is 0 Å². The zero-order valence-electron chi connectivity index (χ0n) is 9.27. The molecule has 5 nitrogen and oxygen atoms in total. The Labute approximate surface area is 99.2 Å². The third kappa shape index (κ3) is 2.83. The third-order valence-electron chi connectivity index (χ3n) is 2.77. The van der Waals surface area contributed by atoms with Gasteiger partial charge in [0.2, 0.25) is 0 Å².